The van der Waals surface area contributed by atoms with Crippen LogP contribution in [-0.2, 0) is 0 Å². The SMILES string of the molecule is CCCCCCCC(NCCC)C1COc2ccccc21. The van der Waals surface area contributed by atoms with Crippen LogP contribution in [0.15, 0.2) is 24.3 Å². The van der Waals surface area contributed by atoms with E-state index >= 15 is 0 Å². The molecule has 1 aliphatic heterocycles. The van der Waals surface area contributed by atoms with Crippen LogP contribution in [0.5, 0.6) is 5.75 Å². The standard InChI is InChI=1S/C19H31NO/c1-3-5-6-7-8-12-18(20-14-4-2)17-15-21-19-13-10-9-11-16(17)19/h9-11,13,17-18,20H,3-8,12,14-15H2,1-2H3. The van der Waals surface area contributed by atoms with Gasteiger partial charge in [-0.1, -0.05) is 64.2 Å². The Hall–Kier alpha value is -1.02. The summed E-state index contributed by atoms with van der Waals surface area (Å²) in [4.78, 5) is 0. The Morgan fingerprint density at radius 1 is 1.10 bits per heavy atom. The minimum absolute atomic E-state index is 0.527. The Labute approximate surface area is 130 Å². The molecule has 1 aromatic rings. The van der Waals surface area contributed by atoms with Gasteiger partial charge < -0.3 is 10.1 Å². The van der Waals surface area contributed by atoms with Crippen molar-refractivity contribution in [1.29, 1.82) is 0 Å². The summed E-state index contributed by atoms with van der Waals surface area (Å²) in [6.07, 6.45) is 9.25. The third-order valence-corrected chi connectivity index (χ3v) is 4.50. The van der Waals surface area contributed by atoms with Gasteiger partial charge in [0.25, 0.3) is 0 Å². The van der Waals surface area contributed by atoms with Crippen molar-refractivity contribution in [3.63, 3.8) is 0 Å². The summed E-state index contributed by atoms with van der Waals surface area (Å²) in [6, 6.07) is 9.12. The van der Waals surface area contributed by atoms with Gasteiger partial charge in [-0.2, -0.15) is 0 Å². The topological polar surface area (TPSA) is 21.3 Å². The first kappa shape index (κ1) is 16.4. The lowest BCUT2D eigenvalue weighted by Crippen LogP contribution is -2.36. The van der Waals surface area contributed by atoms with E-state index in [9.17, 15) is 0 Å². The van der Waals surface area contributed by atoms with Gasteiger partial charge in [-0.25, -0.2) is 0 Å². The van der Waals surface area contributed by atoms with Crippen molar-refractivity contribution in [3.05, 3.63) is 29.8 Å². The molecule has 0 bridgehead atoms. The second-order valence-corrected chi connectivity index (χ2v) is 6.22. The fraction of sp³-hybridized carbons (Fsp3) is 0.684. The van der Waals surface area contributed by atoms with Gasteiger partial charge in [-0.3, -0.25) is 0 Å². The molecule has 0 aliphatic carbocycles. The molecule has 0 fully saturated rings. The summed E-state index contributed by atoms with van der Waals surface area (Å²) in [5.41, 5.74) is 1.40. The van der Waals surface area contributed by atoms with E-state index < -0.39 is 0 Å². The van der Waals surface area contributed by atoms with Crippen LogP contribution in [0.4, 0.5) is 0 Å². The normalized spacial score (nSPS) is 18.3. The van der Waals surface area contributed by atoms with E-state index in [0.717, 1.165) is 18.9 Å². The Morgan fingerprint density at radius 3 is 2.71 bits per heavy atom. The summed E-state index contributed by atoms with van der Waals surface area (Å²) >= 11 is 0. The van der Waals surface area contributed by atoms with Crippen molar-refractivity contribution >= 4 is 0 Å². The number of hydrogen-bond donors (Lipinski definition) is 1. The van der Waals surface area contributed by atoms with Crippen LogP contribution in [0.2, 0.25) is 0 Å². The molecule has 1 N–H and O–H groups in total. The number of ether oxygens (including phenoxy) is 1. The van der Waals surface area contributed by atoms with Crippen LogP contribution in [-0.4, -0.2) is 19.2 Å². The van der Waals surface area contributed by atoms with Crippen molar-refractivity contribution in [2.75, 3.05) is 13.2 Å². The molecular weight excluding hydrogens is 258 g/mol. The molecule has 1 aromatic carbocycles. The third-order valence-electron chi connectivity index (χ3n) is 4.50. The molecule has 0 saturated carbocycles. The zero-order valence-corrected chi connectivity index (χ0v) is 13.7. The second-order valence-electron chi connectivity index (χ2n) is 6.22. The van der Waals surface area contributed by atoms with E-state index in [2.05, 4.69) is 43.4 Å². The van der Waals surface area contributed by atoms with Crippen molar-refractivity contribution in [3.8, 4) is 5.75 Å². The number of fused-ring (bicyclic) bond motifs is 1. The van der Waals surface area contributed by atoms with Crippen LogP contribution in [0, 0.1) is 0 Å². The van der Waals surface area contributed by atoms with E-state index in [-0.39, 0.29) is 0 Å². The summed E-state index contributed by atoms with van der Waals surface area (Å²) in [7, 11) is 0. The maximum absolute atomic E-state index is 5.88. The average molecular weight is 289 g/mol. The quantitative estimate of drug-likeness (QED) is 0.619. The number of benzene rings is 1. The predicted octanol–water partition coefficient (Wildman–Crippen LogP) is 4.89. The van der Waals surface area contributed by atoms with Gasteiger partial charge in [0.2, 0.25) is 0 Å². The average Bonchev–Trinajstić information content (AvgIpc) is 2.94. The number of hydrogen-bond acceptors (Lipinski definition) is 2. The monoisotopic (exact) mass is 289 g/mol. The van der Waals surface area contributed by atoms with Gasteiger partial charge in [0.05, 0.1) is 6.61 Å². The molecule has 118 valence electrons. The molecule has 2 heteroatoms. The molecule has 1 heterocycles. The molecule has 0 saturated heterocycles. The highest BCUT2D eigenvalue weighted by molar-refractivity contribution is 5.40. The van der Waals surface area contributed by atoms with E-state index in [1.165, 1.54) is 50.5 Å². The first-order valence-electron chi connectivity index (χ1n) is 8.82. The lowest BCUT2D eigenvalue weighted by Gasteiger charge is -2.24. The van der Waals surface area contributed by atoms with Gasteiger partial charge in [0, 0.05) is 17.5 Å². The first-order chi connectivity index (χ1) is 10.4. The van der Waals surface area contributed by atoms with Crippen molar-refractivity contribution in [2.24, 2.45) is 0 Å². The van der Waals surface area contributed by atoms with Crippen molar-refractivity contribution < 1.29 is 4.74 Å². The Balaban J connectivity index is 1.90. The Kier molecular flexibility index (Phi) is 7.08. The molecule has 0 amide bonds. The molecule has 21 heavy (non-hydrogen) atoms. The zero-order chi connectivity index (χ0) is 14.9. The van der Waals surface area contributed by atoms with E-state index in [4.69, 9.17) is 4.74 Å². The zero-order valence-electron chi connectivity index (χ0n) is 13.7. The minimum Gasteiger partial charge on any atom is -0.493 e. The number of para-hydroxylation sites is 1. The fourth-order valence-corrected chi connectivity index (χ4v) is 3.26. The van der Waals surface area contributed by atoms with E-state index in [0.29, 0.717) is 12.0 Å². The van der Waals surface area contributed by atoms with Gasteiger partial charge >= 0.3 is 0 Å². The van der Waals surface area contributed by atoms with Gasteiger partial charge in [0.1, 0.15) is 5.75 Å². The van der Waals surface area contributed by atoms with Crippen molar-refractivity contribution in [1.82, 2.24) is 5.32 Å². The number of rotatable bonds is 10. The minimum atomic E-state index is 0.527. The molecule has 0 aromatic heterocycles. The highest BCUT2D eigenvalue weighted by atomic mass is 16.5. The highest BCUT2D eigenvalue weighted by Crippen LogP contribution is 2.36. The maximum Gasteiger partial charge on any atom is 0.122 e. The van der Waals surface area contributed by atoms with Gasteiger partial charge in [-0.05, 0) is 25.5 Å². The molecule has 2 rings (SSSR count). The van der Waals surface area contributed by atoms with Gasteiger partial charge in [-0.15, -0.1) is 0 Å². The molecular formula is C19H31NO. The lowest BCUT2D eigenvalue weighted by atomic mass is 9.89. The largest absolute Gasteiger partial charge is 0.493 e. The molecule has 0 radical (unpaired) electrons. The van der Waals surface area contributed by atoms with Crippen molar-refractivity contribution in [2.45, 2.75) is 70.8 Å². The summed E-state index contributed by atoms with van der Waals surface area (Å²) < 4.78 is 5.88. The predicted molar refractivity (Wildman–Crippen MR) is 90.1 cm³/mol. The smallest absolute Gasteiger partial charge is 0.122 e. The Morgan fingerprint density at radius 2 is 1.90 bits per heavy atom. The van der Waals surface area contributed by atoms with Crippen LogP contribution >= 0.6 is 0 Å². The first-order valence-corrected chi connectivity index (χ1v) is 8.82. The number of nitrogens with one attached hydrogen (secondary N) is 1. The molecule has 0 spiro atoms. The fourth-order valence-electron chi connectivity index (χ4n) is 3.26. The van der Waals surface area contributed by atoms with Crippen LogP contribution in [0.25, 0.3) is 0 Å². The number of unbranched alkanes of at least 4 members (excludes halogenated alkanes) is 4. The Bertz CT molecular complexity index is 404. The van der Waals surface area contributed by atoms with Crippen LogP contribution in [0.1, 0.15) is 70.3 Å². The summed E-state index contributed by atoms with van der Waals surface area (Å²) in [5, 5.41) is 3.76. The van der Waals surface area contributed by atoms with Gasteiger partial charge in [0.15, 0.2) is 0 Å². The maximum atomic E-state index is 5.88. The lowest BCUT2D eigenvalue weighted by molar-refractivity contribution is 0.288. The summed E-state index contributed by atoms with van der Waals surface area (Å²) in [6.45, 7) is 6.47. The van der Waals surface area contributed by atoms with Crippen LogP contribution in [0.3, 0.4) is 0 Å². The second kappa shape index (κ2) is 9.09. The molecule has 1 aliphatic rings. The molecule has 2 unspecified atom stereocenters. The van der Waals surface area contributed by atoms with E-state index in [1.54, 1.807) is 0 Å². The summed E-state index contributed by atoms with van der Waals surface area (Å²) in [5.74, 6) is 1.62. The van der Waals surface area contributed by atoms with Crippen LogP contribution < -0.4 is 10.1 Å². The third kappa shape index (κ3) is 4.74. The van der Waals surface area contributed by atoms with E-state index in [1.807, 2.05) is 0 Å². The highest BCUT2D eigenvalue weighted by Gasteiger charge is 2.30. The molecule has 2 atom stereocenters. The molecule has 2 nitrogen and oxygen atoms in total.